The average Bonchev–Trinajstić information content (AvgIpc) is 2.46. The summed E-state index contributed by atoms with van der Waals surface area (Å²) in [4.78, 5) is 21.4. The van der Waals surface area contributed by atoms with E-state index in [1.165, 1.54) is 43.5 Å². The minimum Gasteiger partial charge on any atom is -0.508 e. The van der Waals surface area contributed by atoms with Crippen LogP contribution in [0.5, 0.6) is 11.5 Å². The minimum absolute atomic E-state index is 0.0434. The highest BCUT2D eigenvalue weighted by molar-refractivity contribution is 9.10. The lowest BCUT2D eigenvalue weighted by atomic mass is 10.2. The van der Waals surface area contributed by atoms with Gasteiger partial charge in [-0.1, -0.05) is 0 Å². The van der Waals surface area contributed by atoms with E-state index in [0.29, 0.717) is 14.5 Å². The molecular weight excluding hydrogens is 436 g/mol. The Labute approximate surface area is 148 Å². The first kappa shape index (κ1) is 19.0. The quantitative estimate of drug-likeness (QED) is 0.605. The summed E-state index contributed by atoms with van der Waals surface area (Å²) in [6, 6.07) is 8.36. The molecule has 122 valence electrons. The van der Waals surface area contributed by atoms with Crippen molar-refractivity contribution in [3.63, 3.8) is 0 Å². The number of methoxy groups -OCH3 is 1. The zero-order valence-electron chi connectivity index (χ0n) is 11.8. The number of phenolic OH excluding ortho intramolecular Hbond substituents is 2. The highest BCUT2D eigenvalue weighted by Gasteiger charge is 2.09. The van der Waals surface area contributed by atoms with Gasteiger partial charge in [-0.3, -0.25) is 0 Å². The molecule has 0 atom stereocenters. The fraction of sp³-hybridized carbons (Fsp3) is 0.0667. The third-order valence-corrected chi connectivity index (χ3v) is 3.85. The largest absolute Gasteiger partial charge is 0.508 e. The Balaban J connectivity index is 0.000000231. The number of benzene rings is 2. The topological polar surface area (TPSA) is 104 Å². The number of aromatic carboxylic acids is 1. The van der Waals surface area contributed by atoms with Crippen molar-refractivity contribution >= 4 is 43.8 Å². The van der Waals surface area contributed by atoms with Gasteiger partial charge >= 0.3 is 11.9 Å². The molecule has 0 saturated heterocycles. The molecule has 0 fully saturated rings. The number of hydrogen-bond donors (Lipinski definition) is 3. The average molecular weight is 448 g/mol. The summed E-state index contributed by atoms with van der Waals surface area (Å²) in [6.45, 7) is 0. The summed E-state index contributed by atoms with van der Waals surface area (Å²) in [6.07, 6.45) is 0. The van der Waals surface area contributed by atoms with E-state index in [4.69, 9.17) is 15.3 Å². The Morgan fingerprint density at radius 3 is 1.70 bits per heavy atom. The van der Waals surface area contributed by atoms with Crippen LogP contribution < -0.4 is 0 Å². The highest BCUT2D eigenvalue weighted by Crippen LogP contribution is 2.22. The van der Waals surface area contributed by atoms with Crippen LogP contribution in [-0.4, -0.2) is 34.4 Å². The van der Waals surface area contributed by atoms with Crippen LogP contribution in [0, 0.1) is 0 Å². The Bertz CT molecular complexity index is 730. The van der Waals surface area contributed by atoms with Gasteiger partial charge in [0.25, 0.3) is 0 Å². The Kier molecular flexibility index (Phi) is 7.05. The van der Waals surface area contributed by atoms with Crippen LogP contribution in [0.1, 0.15) is 20.7 Å². The number of rotatable bonds is 2. The van der Waals surface area contributed by atoms with Gasteiger partial charge in [-0.2, -0.15) is 0 Å². The molecule has 0 aliphatic rings. The van der Waals surface area contributed by atoms with Crippen LogP contribution >= 0.6 is 31.9 Å². The van der Waals surface area contributed by atoms with E-state index in [1.807, 2.05) is 0 Å². The normalized spacial score (nSPS) is 9.52. The molecule has 2 aromatic carbocycles. The number of carbonyl (C=O) groups is 2. The Morgan fingerprint density at radius 2 is 1.35 bits per heavy atom. The van der Waals surface area contributed by atoms with Crippen molar-refractivity contribution in [2.75, 3.05) is 7.11 Å². The van der Waals surface area contributed by atoms with Gasteiger partial charge in [0.05, 0.1) is 18.2 Å². The molecule has 0 aliphatic carbocycles. The van der Waals surface area contributed by atoms with E-state index in [2.05, 4.69) is 36.6 Å². The van der Waals surface area contributed by atoms with Crippen molar-refractivity contribution in [3.05, 3.63) is 56.5 Å². The third kappa shape index (κ3) is 5.57. The van der Waals surface area contributed by atoms with Crippen LogP contribution in [0.3, 0.4) is 0 Å². The van der Waals surface area contributed by atoms with Gasteiger partial charge < -0.3 is 20.1 Å². The molecule has 0 aromatic heterocycles. The molecule has 6 nitrogen and oxygen atoms in total. The molecule has 2 rings (SSSR count). The lowest BCUT2D eigenvalue weighted by molar-refractivity contribution is 0.0598. The summed E-state index contributed by atoms with van der Waals surface area (Å²) in [5.74, 6) is -1.30. The van der Waals surface area contributed by atoms with Gasteiger partial charge in [0.1, 0.15) is 11.5 Å². The summed E-state index contributed by atoms with van der Waals surface area (Å²) in [5, 5.41) is 26.5. The smallest absolute Gasteiger partial charge is 0.339 e. The maximum atomic E-state index is 11.0. The van der Waals surface area contributed by atoms with E-state index in [0.717, 1.165) is 0 Å². The van der Waals surface area contributed by atoms with Crippen molar-refractivity contribution in [2.24, 2.45) is 0 Å². The summed E-state index contributed by atoms with van der Waals surface area (Å²) >= 11 is 6.13. The van der Waals surface area contributed by atoms with E-state index in [-0.39, 0.29) is 17.1 Å². The molecule has 0 unspecified atom stereocenters. The van der Waals surface area contributed by atoms with Crippen molar-refractivity contribution in [1.82, 2.24) is 0 Å². The van der Waals surface area contributed by atoms with Gasteiger partial charge in [0, 0.05) is 8.95 Å². The predicted octanol–water partition coefficient (Wildman–Crippen LogP) is 3.79. The third-order valence-electron chi connectivity index (χ3n) is 2.54. The Hall–Kier alpha value is -2.06. The second-order valence-electron chi connectivity index (χ2n) is 4.13. The molecule has 2 aromatic rings. The van der Waals surface area contributed by atoms with Gasteiger partial charge in [0.15, 0.2) is 0 Å². The molecule has 23 heavy (non-hydrogen) atoms. The Morgan fingerprint density at radius 1 is 0.913 bits per heavy atom. The van der Waals surface area contributed by atoms with Crippen LogP contribution in [0.15, 0.2) is 45.3 Å². The molecule has 0 saturated carbocycles. The van der Waals surface area contributed by atoms with Crippen molar-refractivity contribution in [1.29, 1.82) is 0 Å². The lowest BCUT2D eigenvalue weighted by Gasteiger charge is -2.01. The maximum Gasteiger partial charge on any atom is 0.339 e. The second-order valence-corrected chi connectivity index (χ2v) is 5.83. The molecule has 0 bridgehead atoms. The lowest BCUT2D eigenvalue weighted by Crippen LogP contribution is -2.01. The SMILES string of the molecule is COC(=O)c1ccc(O)cc1Br.O=C(O)c1ccc(O)cc1Br. The summed E-state index contributed by atoms with van der Waals surface area (Å²) in [7, 11) is 1.31. The van der Waals surface area contributed by atoms with Crippen molar-refractivity contribution in [2.45, 2.75) is 0 Å². The van der Waals surface area contributed by atoms with E-state index in [9.17, 15) is 9.59 Å². The predicted molar refractivity (Wildman–Crippen MR) is 89.9 cm³/mol. The molecule has 0 heterocycles. The molecule has 3 N–H and O–H groups in total. The number of esters is 1. The number of halogens is 2. The number of carboxylic acid groups (broad SMARTS) is 1. The highest BCUT2D eigenvalue weighted by atomic mass is 79.9. The van der Waals surface area contributed by atoms with E-state index >= 15 is 0 Å². The number of phenols is 2. The molecule has 8 heteroatoms. The fourth-order valence-electron chi connectivity index (χ4n) is 1.46. The standard InChI is InChI=1S/C8H7BrO3.C7H5BrO3/c1-12-8(11)6-3-2-5(10)4-7(6)9;8-6-3-4(9)1-2-5(6)7(10)11/h2-4,10H,1H3;1-3,9H,(H,10,11). The first-order valence-electron chi connectivity index (χ1n) is 6.05. The van der Waals surface area contributed by atoms with Crippen LogP contribution in [0.25, 0.3) is 0 Å². The number of ether oxygens (including phenoxy) is 1. The molecule has 0 radical (unpaired) electrons. The second kappa shape index (κ2) is 8.54. The molecule has 0 aliphatic heterocycles. The van der Waals surface area contributed by atoms with Crippen LogP contribution in [0.2, 0.25) is 0 Å². The molecular formula is C15H12Br2O6. The van der Waals surface area contributed by atoms with E-state index < -0.39 is 11.9 Å². The summed E-state index contributed by atoms with van der Waals surface area (Å²) < 4.78 is 5.41. The summed E-state index contributed by atoms with van der Waals surface area (Å²) in [5.41, 5.74) is 0.540. The van der Waals surface area contributed by atoms with Gasteiger partial charge in [-0.15, -0.1) is 0 Å². The van der Waals surface area contributed by atoms with Crippen molar-refractivity contribution in [3.8, 4) is 11.5 Å². The monoisotopic (exact) mass is 446 g/mol. The fourth-order valence-corrected chi connectivity index (χ4v) is 2.52. The van der Waals surface area contributed by atoms with Gasteiger partial charge in [0.2, 0.25) is 0 Å². The van der Waals surface area contributed by atoms with Crippen molar-refractivity contribution < 1.29 is 29.6 Å². The van der Waals surface area contributed by atoms with E-state index in [1.54, 1.807) is 0 Å². The van der Waals surface area contributed by atoms with Gasteiger partial charge in [-0.25, -0.2) is 9.59 Å². The number of carboxylic acids is 1. The number of aromatic hydroxyl groups is 2. The van der Waals surface area contributed by atoms with Crippen LogP contribution in [-0.2, 0) is 4.74 Å². The molecule has 0 amide bonds. The molecule has 0 spiro atoms. The minimum atomic E-state index is -1.02. The van der Waals surface area contributed by atoms with Gasteiger partial charge in [-0.05, 0) is 68.3 Å². The number of hydrogen-bond acceptors (Lipinski definition) is 5. The first-order valence-corrected chi connectivity index (χ1v) is 7.63. The number of carbonyl (C=O) groups excluding carboxylic acids is 1. The zero-order valence-corrected chi connectivity index (χ0v) is 15.0. The zero-order chi connectivity index (χ0) is 17.6. The maximum absolute atomic E-state index is 11.0. The van der Waals surface area contributed by atoms with Crippen LogP contribution in [0.4, 0.5) is 0 Å². The first-order chi connectivity index (χ1) is 10.8.